The SMILES string of the molecule is CC(=O)C1(C(C)=O)C(=O)c2ccc(Oc3ccc4c(n3)C(=O)C(C(C)=O)(C(C)=O)C4=O)cc2C1=O. The van der Waals surface area contributed by atoms with Crippen molar-refractivity contribution in [3.63, 3.8) is 0 Å². The van der Waals surface area contributed by atoms with Gasteiger partial charge in [0.2, 0.25) is 22.5 Å². The van der Waals surface area contributed by atoms with Crippen molar-refractivity contribution in [3.8, 4) is 11.6 Å². The highest BCUT2D eigenvalue weighted by Crippen LogP contribution is 2.42. The number of carbonyl (C=O) groups excluding carboxylic acids is 8. The van der Waals surface area contributed by atoms with E-state index in [0.717, 1.165) is 27.7 Å². The summed E-state index contributed by atoms with van der Waals surface area (Å²) in [5, 5.41) is 0. The molecule has 0 fully saturated rings. The normalized spacial score (nSPS) is 17.1. The number of carbonyl (C=O) groups is 8. The van der Waals surface area contributed by atoms with Crippen LogP contribution in [0.3, 0.4) is 0 Å². The molecule has 2 aliphatic carbocycles. The lowest BCUT2D eigenvalue weighted by Gasteiger charge is -2.18. The summed E-state index contributed by atoms with van der Waals surface area (Å²) in [6.45, 7) is 3.95. The van der Waals surface area contributed by atoms with Crippen molar-refractivity contribution in [1.82, 2.24) is 4.98 Å². The molecular weight excluding hydrogens is 458 g/mol. The van der Waals surface area contributed by atoms with Crippen LogP contribution in [0.15, 0.2) is 30.3 Å². The van der Waals surface area contributed by atoms with Gasteiger partial charge in [0.05, 0.1) is 0 Å². The Hall–Kier alpha value is -4.47. The van der Waals surface area contributed by atoms with Gasteiger partial charge < -0.3 is 4.74 Å². The third kappa shape index (κ3) is 2.79. The molecule has 10 nitrogen and oxygen atoms in total. The quantitative estimate of drug-likeness (QED) is 0.565. The van der Waals surface area contributed by atoms with Crippen LogP contribution in [-0.2, 0) is 19.2 Å². The Kier molecular flexibility index (Phi) is 5.09. The number of Topliss-reactive ketones (excluding diaryl/α,β-unsaturated/α-hetero) is 8. The fourth-order valence-corrected chi connectivity index (χ4v) is 4.71. The molecule has 4 rings (SSSR count). The summed E-state index contributed by atoms with van der Waals surface area (Å²) in [6.07, 6.45) is 0. The summed E-state index contributed by atoms with van der Waals surface area (Å²) in [6, 6.07) is 6.13. The molecular formula is C25H17NO9. The Morgan fingerprint density at radius 3 is 1.63 bits per heavy atom. The number of hydrogen-bond acceptors (Lipinski definition) is 10. The largest absolute Gasteiger partial charge is 0.439 e. The molecule has 0 bridgehead atoms. The zero-order valence-electron chi connectivity index (χ0n) is 19.0. The maximum Gasteiger partial charge on any atom is 0.219 e. The van der Waals surface area contributed by atoms with Gasteiger partial charge in [-0.3, -0.25) is 38.4 Å². The molecule has 1 heterocycles. The lowest BCUT2D eigenvalue weighted by Crippen LogP contribution is -2.46. The van der Waals surface area contributed by atoms with Crippen molar-refractivity contribution in [2.24, 2.45) is 10.8 Å². The first-order valence-electron chi connectivity index (χ1n) is 10.4. The van der Waals surface area contributed by atoms with Crippen LogP contribution >= 0.6 is 0 Å². The van der Waals surface area contributed by atoms with Gasteiger partial charge in [-0.05, 0) is 52.0 Å². The van der Waals surface area contributed by atoms with E-state index in [1.165, 1.54) is 30.3 Å². The molecule has 0 unspecified atom stereocenters. The zero-order chi connectivity index (χ0) is 26.0. The standard InChI is InChI=1S/C25H17NO9/c1-10(27)24(11(2)28)20(31)15-6-5-14(9-17(15)22(24)33)35-18-8-7-16-19(26-18)23(34)25(12(3)29,13(4)30)21(16)32/h5-9H,1-4H3. The second-order valence-electron chi connectivity index (χ2n) is 8.40. The van der Waals surface area contributed by atoms with Gasteiger partial charge in [0.25, 0.3) is 0 Å². The highest BCUT2D eigenvalue weighted by atomic mass is 16.5. The van der Waals surface area contributed by atoms with E-state index >= 15 is 0 Å². The molecule has 0 atom stereocenters. The van der Waals surface area contributed by atoms with Crippen molar-refractivity contribution in [3.05, 3.63) is 52.7 Å². The molecule has 1 aromatic heterocycles. The topological polar surface area (TPSA) is 159 Å². The second-order valence-corrected chi connectivity index (χ2v) is 8.40. The Balaban J connectivity index is 1.73. The molecule has 0 radical (unpaired) electrons. The number of benzene rings is 1. The number of hydrogen-bond donors (Lipinski definition) is 0. The molecule has 0 saturated carbocycles. The van der Waals surface area contributed by atoms with Crippen LogP contribution in [0.1, 0.15) is 69.3 Å². The smallest absolute Gasteiger partial charge is 0.219 e. The van der Waals surface area contributed by atoms with E-state index in [2.05, 4.69) is 4.98 Å². The van der Waals surface area contributed by atoms with E-state index in [0.29, 0.717) is 0 Å². The minimum Gasteiger partial charge on any atom is -0.439 e. The highest BCUT2D eigenvalue weighted by Gasteiger charge is 2.62. The van der Waals surface area contributed by atoms with Gasteiger partial charge in [-0.1, -0.05) is 0 Å². The van der Waals surface area contributed by atoms with Crippen LogP contribution in [0.2, 0.25) is 0 Å². The number of fused-ring (bicyclic) bond motifs is 2. The number of ketones is 8. The van der Waals surface area contributed by atoms with E-state index in [9.17, 15) is 38.4 Å². The average molecular weight is 475 g/mol. The number of ether oxygens (including phenoxy) is 1. The molecule has 1 aromatic carbocycles. The molecule has 176 valence electrons. The van der Waals surface area contributed by atoms with Gasteiger partial charge >= 0.3 is 0 Å². The Morgan fingerprint density at radius 2 is 1.09 bits per heavy atom. The first-order valence-corrected chi connectivity index (χ1v) is 10.4. The fourth-order valence-electron chi connectivity index (χ4n) is 4.71. The van der Waals surface area contributed by atoms with Gasteiger partial charge in [-0.2, -0.15) is 0 Å². The summed E-state index contributed by atoms with van der Waals surface area (Å²) >= 11 is 0. The van der Waals surface area contributed by atoms with Gasteiger partial charge in [0, 0.05) is 22.8 Å². The molecule has 0 amide bonds. The molecule has 0 saturated heterocycles. The van der Waals surface area contributed by atoms with Gasteiger partial charge in [-0.15, -0.1) is 0 Å². The first kappa shape index (κ1) is 23.7. The summed E-state index contributed by atoms with van der Waals surface area (Å²) in [4.78, 5) is 104. The van der Waals surface area contributed by atoms with E-state index in [1.807, 2.05) is 0 Å². The third-order valence-electron chi connectivity index (χ3n) is 6.51. The van der Waals surface area contributed by atoms with Crippen LogP contribution in [-0.4, -0.2) is 51.2 Å². The number of rotatable bonds is 6. The van der Waals surface area contributed by atoms with E-state index < -0.39 is 62.8 Å². The van der Waals surface area contributed by atoms with Crippen molar-refractivity contribution < 1.29 is 43.1 Å². The van der Waals surface area contributed by atoms with Gasteiger partial charge in [-0.25, -0.2) is 4.98 Å². The minimum absolute atomic E-state index is 0.0126. The van der Waals surface area contributed by atoms with Crippen LogP contribution in [0.5, 0.6) is 11.6 Å². The fraction of sp³-hybridized carbons (Fsp3) is 0.240. The monoisotopic (exact) mass is 475 g/mol. The van der Waals surface area contributed by atoms with Gasteiger partial charge in [0.1, 0.15) is 11.4 Å². The molecule has 2 aliphatic rings. The lowest BCUT2D eigenvalue weighted by molar-refractivity contribution is -0.134. The highest BCUT2D eigenvalue weighted by molar-refractivity contribution is 6.49. The summed E-state index contributed by atoms with van der Waals surface area (Å²) in [5.74, 6) is -7.69. The summed E-state index contributed by atoms with van der Waals surface area (Å²) in [7, 11) is 0. The molecule has 35 heavy (non-hydrogen) atoms. The maximum atomic E-state index is 13.0. The number of aromatic nitrogens is 1. The Labute approximate surface area is 197 Å². The minimum atomic E-state index is -2.48. The van der Waals surface area contributed by atoms with E-state index in [4.69, 9.17) is 4.74 Å². The molecule has 10 heteroatoms. The van der Waals surface area contributed by atoms with Crippen molar-refractivity contribution in [2.45, 2.75) is 27.7 Å². The van der Waals surface area contributed by atoms with Crippen molar-refractivity contribution in [1.29, 1.82) is 0 Å². The lowest BCUT2D eigenvalue weighted by atomic mass is 9.76. The number of nitrogens with zero attached hydrogens (tertiary/aromatic N) is 1. The van der Waals surface area contributed by atoms with E-state index in [1.54, 1.807) is 0 Å². The van der Waals surface area contributed by atoms with Crippen LogP contribution in [0, 0.1) is 10.8 Å². The van der Waals surface area contributed by atoms with E-state index in [-0.39, 0.29) is 28.3 Å². The zero-order valence-corrected chi connectivity index (χ0v) is 19.0. The Bertz CT molecular complexity index is 1330. The van der Waals surface area contributed by atoms with Crippen LogP contribution in [0.25, 0.3) is 0 Å². The van der Waals surface area contributed by atoms with Crippen molar-refractivity contribution in [2.75, 3.05) is 0 Å². The second kappa shape index (κ2) is 7.52. The molecule has 0 N–H and O–H groups in total. The van der Waals surface area contributed by atoms with Crippen molar-refractivity contribution >= 4 is 46.3 Å². The Morgan fingerprint density at radius 1 is 0.629 bits per heavy atom. The maximum absolute atomic E-state index is 13.0. The summed E-state index contributed by atoms with van der Waals surface area (Å²) in [5.41, 5.74) is -5.80. The average Bonchev–Trinajstić information content (AvgIpc) is 3.14. The molecule has 2 aromatic rings. The molecule has 0 aliphatic heterocycles. The number of pyridine rings is 1. The third-order valence-corrected chi connectivity index (χ3v) is 6.51. The predicted molar refractivity (Wildman–Crippen MR) is 116 cm³/mol. The molecule has 0 spiro atoms. The first-order chi connectivity index (χ1) is 16.3. The van der Waals surface area contributed by atoms with Crippen LogP contribution < -0.4 is 4.74 Å². The van der Waals surface area contributed by atoms with Crippen LogP contribution in [0.4, 0.5) is 0 Å². The predicted octanol–water partition coefficient (Wildman–Crippen LogP) is 1.96. The summed E-state index contributed by atoms with van der Waals surface area (Å²) < 4.78 is 5.60. The van der Waals surface area contributed by atoms with Gasteiger partial charge in [0.15, 0.2) is 40.5 Å².